The predicted octanol–water partition coefficient (Wildman–Crippen LogP) is 3.83. The molecule has 7 heteroatoms. The van der Waals surface area contributed by atoms with Crippen LogP contribution in [-0.4, -0.2) is 44.4 Å². The molecule has 1 aromatic carbocycles. The molecule has 1 aliphatic rings. The van der Waals surface area contributed by atoms with Crippen LogP contribution in [0.2, 0.25) is 0 Å². The fourth-order valence-electron chi connectivity index (χ4n) is 3.47. The first-order chi connectivity index (χ1) is 14.8. The summed E-state index contributed by atoms with van der Waals surface area (Å²) in [6.45, 7) is 7.80. The van der Waals surface area contributed by atoms with Crippen molar-refractivity contribution in [2.45, 2.75) is 52.1 Å². The van der Waals surface area contributed by atoms with Crippen LogP contribution in [0, 0.1) is 13.8 Å². The van der Waals surface area contributed by atoms with Crippen LogP contribution >= 0.6 is 0 Å². The van der Waals surface area contributed by atoms with Crippen LogP contribution in [0.15, 0.2) is 36.7 Å². The number of pyridine rings is 1. The van der Waals surface area contributed by atoms with Gasteiger partial charge in [-0.15, -0.1) is 0 Å². The molecule has 1 saturated carbocycles. The monoisotopic (exact) mass is 419 g/mol. The molecule has 7 nitrogen and oxygen atoms in total. The Morgan fingerprint density at radius 2 is 1.94 bits per heavy atom. The minimum absolute atomic E-state index is 0.0303. The van der Waals surface area contributed by atoms with Gasteiger partial charge in [0.15, 0.2) is 0 Å². The number of nitrogens with zero attached hydrogens (tertiary/aromatic N) is 2. The molecule has 0 aliphatic heterocycles. The SMILES string of the molecule is Cc1ccc(C(=O)NC2CC2)cc1-c1cnc(NC(C)(C)CO)c(-c2cn[nH]c2C)c1. The van der Waals surface area contributed by atoms with Crippen molar-refractivity contribution < 1.29 is 9.90 Å². The zero-order chi connectivity index (χ0) is 22.2. The molecule has 2 aromatic heterocycles. The number of aliphatic hydroxyl groups is 1. The number of aliphatic hydroxyl groups excluding tert-OH is 1. The number of H-pyrrole nitrogens is 1. The molecule has 3 aromatic rings. The smallest absolute Gasteiger partial charge is 0.251 e. The first-order valence-electron chi connectivity index (χ1n) is 10.6. The Morgan fingerprint density at radius 3 is 2.58 bits per heavy atom. The summed E-state index contributed by atoms with van der Waals surface area (Å²) in [5, 5.41) is 23.2. The Morgan fingerprint density at radius 1 is 1.16 bits per heavy atom. The molecule has 2 heterocycles. The van der Waals surface area contributed by atoms with Crippen molar-refractivity contribution in [3.8, 4) is 22.3 Å². The largest absolute Gasteiger partial charge is 0.394 e. The minimum Gasteiger partial charge on any atom is -0.394 e. The topological polar surface area (TPSA) is 103 Å². The van der Waals surface area contributed by atoms with E-state index in [-0.39, 0.29) is 12.5 Å². The second-order valence-corrected chi connectivity index (χ2v) is 8.97. The number of carbonyl (C=O) groups is 1. The maximum absolute atomic E-state index is 12.6. The number of hydrogen-bond donors (Lipinski definition) is 4. The van der Waals surface area contributed by atoms with Crippen LogP contribution in [0.25, 0.3) is 22.3 Å². The average molecular weight is 420 g/mol. The molecule has 162 valence electrons. The van der Waals surface area contributed by atoms with Gasteiger partial charge in [-0.05, 0) is 69.9 Å². The lowest BCUT2D eigenvalue weighted by atomic mass is 9.96. The molecule has 1 aliphatic carbocycles. The molecular formula is C24H29N5O2. The number of anilines is 1. The van der Waals surface area contributed by atoms with E-state index in [1.54, 1.807) is 12.4 Å². The molecule has 31 heavy (non-hydrogen) atoms. The quantitative estimate of drug-likeness (QED) is 0.466. The normalized spacial score (nSPS) is 13.8. The van der Waals surface area contributed by atoms with Gasteiger partial charge < -0.3 is 15.7 Å². The summed E-state index contributed by atoms with van der Waals surface area (Å²) in [4.78, 5) is 17.3. The number of rotatable bonds is 7. The molecule has 1 amide bonds. The van der Waals surface area contributed by atoms with Crippen molar-refractivity contribution in [1.29, 1.82) is 0 Å². The fourth-order valence-corrected chi connectivity index (χ4v) is 3.47. The van der Waals surface area contributed by atoms with Gasteiger partial charge in [-0.1, -0.05) is 6.07 Å². The van der Waals surface area contributed by atoms with Crippen molar-refractivity contribution in [3.63, 3.8) is 0 Å². The maximum atomic E-state index is 12.6. The third-order valence-corrected chi connectivity index (χ3v) is 5.58. The molecule has 4 rings (SSSR count). The second-order valence-electron chi connectivity index (χ2n) is 8.97. The number of carbonyl (C=O) groups excluding carboxylic acids is 1. The summed E-state index contributed by atoms with van der Waals surface area (Å²) in [5.41, 5.74) is 5.82. The fraction of sp³-hybridized carbons (Fsp3) is 0.375. The molecule has 0 spiro atoms. The van der Waals surface area contributed by atoms with E-state index in [0.29, 0.717) is 17.4 Å². The molecule has 1 fully saturated rings. The van der Waals surface area contributed by atoms with E-state index in [9.17, 15) is 9.90 Å². The van der Waals surface area contributed by atoms with Crippen LogP contribution < -0.4 is 10.6 Å². The van der Waals surface area contributed by atoms with E-state index in [2.05, 4.69) is 26.9 Å². The van der Waals surface area contributed by atoms with Crippen molar-refractivity contribution in [2.24, 2.45) is 0 Å². The van der Waals surface area contributed by atoms with E-state index < -0.39 is 5.54 Å². The molecule has 0 atom stereocenters. The van der Waals surface area contributed by atoms with Gasteiger partial charge in [0.1, 0.15) is 5.82 Å². The van der Waals surface area contributed by atoms with Crippen LogP contribution in [-0.2, 0) is 0 Å². The highest BCUT2D eigenvalue weighted by Crippen LogP contribution is 2.35. The first-order valence-corrected chi connectivity index (χ1v) is 10.6. The maximum Gasteiger partial charge on any atom is 0.251 e. The molecule has 0 unspecified atom stereocenters. The predicted molar refractivity (Wildman–Crippen MR) is 122 cm³/mol. The third-order valence-electron chi connectivity index (χ3n) is 5.58. The summed E-state index contributed by atoms with van der Waals surface area (Å²) in [5.74, 6) is 0.637. The highest BCUT2D eigenvalue weighted by Gasteiger charge is 2.24. The third kappa shape index (κ3) is 4.61. The van der Waals surface area contributed by atoms with Crippen molar-refractivity contribution in [2.75, 3.05) is 11.9 Å². The zero-order valence-corrected chi connectivity index (χ0v) is 18.4. The summed E-state index contributed by atoms with van der Waals surface area (Å²) < 4.78 is 0. The summed E-state index contributed by atoms with van der Waals surface area (Å²) in [6.07, 6.45) is 5.69. The molecule has 0 saturated heterocycles. The van der Waals surface area contributed by atoms with Gasteiger partial charge >= 0.3 is 0 Å². The number of aryl methyl sites for hydroxylation is 2. The number of amides is 1. The first kappa shape index (κ1) is 21.1. The van der Waals surface area contributed by atoms with E-state index in [1.165, 1.54) is 0 Å². The van der Waals surface area contributed by atoms with Crippen molar-refractivity contribution in [3.05, 3.63) is 53.5 Å². The number of hydrogen-bond acceptors (Lipinski definition) is 5. The van der Waals surface area contributed by atoms with Crippen molar-refractivity contribution in [1.82, 2.24) is 20.5 Å². The van der Waals surface area contributed by atoms with Gasteiger partial charge in [-0.25, -0.2) is 4.98 Å². The van der Waals surface area contributed by atoms with Gasteiger partial charge in [-0.3, -0.25) is 9.89 Å². The van der Waals surface area contributed by atoms with Crippen molar-refractivity contribution >= 4 is 11.7 Å². The number of nitrogens with one attached hydrogen (secondary N) is 3. The zero-order valence-electron chi connectivity index (χ0n) is 18.4. The van der Waals surface area contributed by atoms with E-state index in [1.807, 2.05) is 45.9 Å². The molecule has 0 bridgehead atoms. The summed E-state index contributed by atoms with van der Waals surface area (Å²) >= 11 is 0. The Labute approximate surface area is 182 Å². The van der Waals surface area contributed by atoms with Gasteiger partial charge in [0, 0.05) is 40.2 Å². The second kappa shape index (κ2) is 8.15. The van der Waals surface area contributed by atoms with Gasteiger partial charge in [0.2, 0.25) is 0 Å². The molecule has 0 radical (unpaired) electrons. The highest BCUT2D eigenvalue weighted by atomic mass is 16.3. The van der Waals surface area contributed by atoms with Gasteiger partial charge in [0.25, 0.3) is 5.91 Å². The Bertz CT molecular complexity index is 1110. The Balaban J connectivity index is 1.77. The lowest BCUT2D eigenvalue weighted by Gasteiger charge is -2.26. The van der Waals surface area contributed by atoms with Crippen LogP contribution in [0.1, 0.15) is 48.3 Å². The standard InChI is InChI=1S/C24H29N5O2/c1-14-5-6-16(23(31)27-18-7-8-18)9-19(14)17-10-20(21-12-26-29-15(21)2)22(25-11-17)28-24(3,4)13-30/h5-6,9-12,18,30H,7-8,13H2,1-4H3,(H,25,28)(H,26,29)(H,27,31). The van der Waals surface area contributed by atoms with E-state index >= 15 is 0 Å². The van der Waals surface area contributed by atoms with Gasteiger partial charge in [0.05, 0.1) is 18.3 Å². The lowest BCUT2D eigenvalue weighted by Crippen LogP contribution is -2.35. The summed E-state index contributed by atoms with van der Waals surface area (Å²) in [6, 6.07) is 8.15. The molecular weight excluding hydrogens is 390 g/mol. The van der Waals surface area contributed by atoms with E-state index in [0.717, 1.165) is 46.4 Å². The number of aromatic nitrogens is 3. The molecule has 4 N–H and O–H groups in total. The minimum atomic E-state index is -0.530. The van der Waals surface area contributed by atoms with Crippen LogP contribution in [0.3, 0.4) is 0 Å². The summed E-state index contributed by atoms with van der Waals surface area (Å²) in [7, 11) is 0. The van der Waals surface area contributed by atoms with Crippen LogP contribution in [0.5, 0.6) is 0 Å². The van der Waals surface area contributed by atoms with Gasteiger partial charge in [-0.2, -0.15) is 5.10 Å². The highest BCUT2D eigenvalue weighted by molar-refractivity contribution is 5.96. The van der Waals surface area contributed by atoms with Crippen LogP contribution in [0.4, 0.5) is 5.82 Å². The lowest BCUT2D eigenvalue weighted by molar-refractivity contribution is 0.0951. The number of benzene rings is 1. The average Bonchev–Trinajstić information content (AvgIpc) is 3.46. The Hall–Kier alpha value is -3.19. The van der Waals surface area contributed by atoms with E-state index in [4.69, 9.17) is 4.98 Å². The Kier molecular flexibility index (Phi) is 5.54. The number of aromatic amines is 1.